The van der Waals surface area contributed by atoms with Gasteiger partial charge in [0.25, 0.3) is 0 Å². The number of hydrogen-bond donors (Lipinski definition) is 1. The Balaban J connectivity index is 2.16. The van der Waals surface area contributed by atoms with Crippen LogP contribution in [0.5, 0.6) is 0 Å². The van der Waals surface area contributed by atoms with E-state index in [1.54, 1.807) is 6.07 Å². The fourth-order valence-electron chi connectivity index (χ4n) is 1.67. The third-order valence-electron chi connectivity index (χ3n) is 2.49. The number of H-pyrrole nitrogens is 1. The molecular formula is C12H13NO2. The number of nitrogens with one attached hydrogen (secondary N) is 1. The van der Waals surface area contributed by atoms with Crippen molar-refractivity contribution in [2.24, 2.45) is 0 Å². The quantitative estimate of drug-likeness (QED) is 0.750. The summed E-state index contributed by atoms with van der Waals surface area (Å²) in [6, 6.07) is 3.69. The highest BCUT2D eigenvalue weighted by Gasteiger charge is 2.13. The smallest absolute Gasteiger partial charge is 0.354 e. The fourth-order valence-corrected chi connectivity index (χ4v) is 1.67. The highest BCUT2D eigenvalue weighted by molar-refractivity contribution is 5.87. The Morgan fingerprint density at radius 1 is 1.47 bits per heavy atom. The van der Waals surface area contributed by atoms with E-state index in [1.165, 1.54) is 7.11 Å². The van der Waals surface area contributed by atoms with E-state index in [1.807, 2.05) is 18.2 Å². The molecule has 1 aromatic heterocycles. The van der Waals surface area contributed by atoms with E-state index in [-0.39, 0.29) is 5.97 Å². The van der Waals surface area contributed by atoms with E-state index in [2.05, 4.69) is 21.9 Å². The van der Waals surface area contributed by atoms with E-state index >= 15 is 0 Å². The lowest BCUT2D eigenvalue weighted by Gasteiger charge is -2.10. The molecule has 1 heterocycles. The van der Waals surface area contributed by atoms with Crippen LogP contribution in [0, 0.1) is 0 Å². The highest BCUT2D eigenvalue weighted by atomic mass is 16.5. The molecule has 2 rings (SSSR count). The molecule has 3 heteroatoms. The van der Waals surface area contributed by atoms with Crippen molar-refractivity contribution in [3.8, 4) is 0 Å². The zero-order valence-corrected chi connectivity index (χ0v) is 8.57. The Kier molecular flexibility index (Phi) is 2.72. The maximum Gasteiger partial charge on any atom is 0.354 e. The van der Waals surface area contributed by atoms with Gasteiger partial charge in [-0.2, -0.15) is 0 Å². The van der Waals surface area contributed by atoms with Crippen LogP contribution in [0.2, 0.25) is 0 Å². The molecule has 0 saturated carbocycles. The predicted molar refractivity (Wildman–Crippen MR) is 57.8 cm³/mol. The third kappa shape index (κ3) is 2.01. The Labute approximate surface area is 88.5 Å². The molecule has 0 spiro atoms. The molecule has 0 aliphatic heterocycles. The summed E-state index contributed by atoms with van der Waals surface area (Å²) in [6.07, 6.45) is 9.25. The van der Waals surface area contributed by atoms with Crippen molar-refractivity contribution in [1.82, 2.24) is 4.98 Å². The summed E-state index contributed by atoms with van der Waals surface area (Å²) in [7, 11) is 1.38. The predicted octanol–water partition coefficient (Wildman–Crippen LogP) is 2.40. The van der Waals surface area contributed by atoms with Gasteiger partial charge in [-0.15, -0.1) is 0 Å². The first-order valence-electron chi connectivity index (χ1n) is 4.92. The van der Waals surface area contributed by atoms with Crippen molar-refractivity contribution in [2.75, 3.05) is 7.11 Å². The van der Waals surface area contributed by atoms with Crippen LogP contribution in [0.4, 0.5) is 0 Å². The molecule has 0 radical (unpaired) electrons. The Hall–Kier alpha value is -1.77. The van der Waals surface area contributed by atoms with Gasteiger partial charge in [0.1, 0.15) is 5.69 Å². The topological polar surface area (TPSA) is 42.1 Å². The van der Waals surface area contributed by atoms with Crippen LogP contribution in [0.1, 0.15) is 28.5 Å². The van der Waals surface area contributed by atoms with Gasteiger partial charge in [0.15, 0.2) is 0 Å². The van der Waals surface area contributed by atoms with Crippen molar-refractivity contribution in [3.63, 3.8) is 0 Å². The Morgan fingerprint density at radius 2 is 2.33 bits per heavy atom. The van der Waals surface area contributed by atoms with Crippen LogP contribution in [-0.4, -0.2) is 18.1 Å². The molecule has 1 aromatic rings. The minimum atomic E-state index is -0.323. The van der Waals surface area contributed by atoms with Crippen molar-refractivity contribution in [3.05, 3.63) is 47.8 Å². The molecule has 1 aliphatic carbocycles. The maximum atomic E-state index is 11.2. The summed E-state index contributed by atoms with van der Waals surface area (Å²) >= 11 is 0. The van der Waals surface area contributed by atoms with Crippen molar-refractivity contribution >= 4 is 5.97 Å². The number of ether oxygens (including phenoxy) is 1. The molecule has 1 aliphatic rings. The molecule has 3 nitrogen and oxygen atoms in total. The Morgan fingerprint density at radius 3 is 3.00 bits per heavy atom. The van der Waals surface area contributed by atoms with Crippen molar-refractivity contribution < 1.29 is 9.53 Å². The Bertz CT molecular complexity index is 415. The summed E-state index contributed by atoms with van der Waals surface area (Å²) in [5.74, 6) is 0.0185. The largest absolute Gasteiger partial charge is 0.464 e. The minimum Gasteiger partial charge on any atom is -0.464 e. The van der Waals surface area contributed by atoms with E-state index in [4.69, 9.17) is 0 Å². The van der Waals surface area contributed by atoms with Crippen LogP contribution >= 0.6 is 0 Å². The third-order valence-corrected chi connectivity index (χ3v) is 2.49. The number of rotatable bonds is 2. The zero-order valence-electron chi connectivity index (χ0n) is 8.57. The number of aromatic nitrogens is 1. The second-order valence-corrected chi connectivity index (χ2v) is 3.47. The normalized spacial score (nSPS) is 19.1. The van der Waals surface area contributed by atoms with Gasteiger partial charge in [-0.1, -0.05) is 24.3 Å². The van der Waals surface area contributed by atoms with Crippen LogP contribution in [0.15, 0.2) is 36.4 Å². The lowest BCUT2D eigenvalue weighted by atomic mass is 9.98. The molecule has 0 saturated heterocycles. The second kappa shape index (κ2) is 4.17. The number of carbonyl (C=O) groups excluding carboxylic acids is 1. The first-order chi connectivity index (χ1) is 7.31. The average Bonchev–Trinajstić information content (AvgIpc) is 2.78. The minimum absolute atomic E-state index is 0.323. The van der Waals surface area contributed by atoms with Gasteiger partial charge in [-0.05, 0) is 18.6 Å². The molecular weight excluding hydrogens is 190 g/mol. The zero-order chi connectivity index (χ0) is 10.7. The average molecular weight is 203 g/mol. The number of aromatic amines is 1. The van der Waals surface area contributed by atoms with E-state index in [9.17, 15) is 4.79 Å². The second-order valence-electron chi connectivity index (χ2n) is 3.47. The van der Waals surface area contributed by atoms with Gasteiger partial charge >= 0.3 is 5.97 Å². The van der Waals surface area contributed by atoms with Crippen LogP contribution in [-0.2, 0) is 4.74 Å². The van der Waals surface area contributed by atoms with Gasteiger partial charge < -0.3 is 9.72 Å². The lowest BCUT2D eigenvalue weighted by Crippen LogP contribution is -2.03. The van der Waals surface area contributed by atoms with Gasteiger partial charge in [-0.25, -0.2) is 4.79 Å². The maximum absolute atomic E-state index is 11.2. The van der Waals surface area contributed by atoms with Gasteiger partial charge in [0, 0.05) is 11.6 Å². The van der Waals surface area contributed by atoms with Gasteiger partial charge in [0.05, 0.1) is 7.11 Å². The van der Waals surface area contributed by atoms with E-state index in [0.717, 1.165) is 12.1 Å². The standard InChI is InChI=1S/C12H13NO2/c1-15-12(14)11-8-7-10(13-11)9-5-3-2-4-6-9/h2-5,7-9,13H,6H2,1H3. The van der Waals surface area contributed by atoms with Crippen LogP contribution < -0.4 is 0 Å². The summed E-state index contributed by atoms with van der Waals surface area (Å²) in [6.45, 7) is 0. The summed E-state index contributed by atoms with van der Waals surface area (Å²) in [5, 5.41) is 0. The molecule has 1 unspecified atom stereocenters. The van der Waals surface area contributed by atoms with E-state index in [0.29, 0.717) is 11.6 Å². The SMILES string of the molecule is COC(=O)c1ccc(C2C=CC=CC2)[nH]1. The van der Waals surface area contributed by atoms with Crippen molar-refractivity contribution in [2.45, 2.75) is 12.3 Å². The summed E-state index contributed by atoms with van der Waals surface area (Å²) in [5.41, 5.74) is 1.56. The molecule has 0 bridgehead atoms. The van der Waals surface area contributed by atoms with E-state index < -0.39 is 0 Å². The van der Waals surface area contributed by atoms with Gasteiger partial charge in [-0.3, -0.25) is 0 Å². The number of esters is 1. The molecule has 78 valence electrons. The molecule has 0 amide bonds. The first-order valence-corrected chi connectivity index (χ1v) is 4.92. The summed E-state index contributed by atoms with van der Waals surface area (Å²) < 4.78 is 4.63. The number of allylic oxidation sites excluding steroid dienone is 4. The number of carbonyl (C=O) groups is 1. The molecule has 0 fully saturated rings. The molecule has 15 heavy (non-hydrogen) atoms. The fraction of sp³-hybridized carbons (Fsp3) is 0.250. The molecule has 1 atom stereocenters. The van der Waals surface area contributed by atoms with Crippen molar-refractivity contribution in [1.29, 1.82) is 0 Å². The molecule has 0 aromatic carbocycles. The molecule has 1 N–H and O–H groups in total. The monoisotopic (exact) mass is 203 g/mol. The van der Waals surface area contributed by atoms with Crippen LogP contribution in [0.25, 0.3) is 0 Å². The number of hydrogen-bond acceptors (Lipinski definition) is 2. The lowest BCUT2D eigenvalue weighted by molar-refractivity contribution is 0.0594. The van der Waals surface area contributed by atoms with Crippen LogP contribution in [0.3, 0.4) is 0 Å². The highest BCUT2D eigenvalue weighted by Crippen LogP contribution is 2.23. The number of methoxy groups -OCH3 is 1. The summed E-state index contributed by atoms with van der Waals surface area (Å²) in [4.78, 5) is 14.3. The first kappa shape index (κ1) is 9.77. The van der Waals surface area contributed by atoms with Gasteiger partial charge in [0.2, 0.25) is 0 Å².